The summed E-state index contributed by atoms with van der Waals surface area (Å²) in [7, 11) is 0. The van der Waals surface area contributed by atoms with Crippen molar-refractivity contribution in [2.45, 2.75) is 0 Å². The zero-order chi connectivity index (χ0) is 32.9. The maximum Gasteiger partial charge on any atom is 0.164 e. The summed E-state index contributed by atoms with van der Waals surface area (Å²) in [4.78, 5) is 20.3. The second-order valence-corrected chi connectivity index (χ2v) is 13.0. The Morgan fingerprint density at radius 3 is 1.94 bits per heavy atom. The van der Waals surface area contributed by atoms with Crippen molar-refractivity contribution in [3.05, 3.63) is 165 Å². The Balaban J connectivity index is 1.29. The molecule has 0 saturated heterocycles. The van der Waals surface area contributed by atoms with Crippen molar-refractivity contribution in [3.8, 4) is 34.0 Å². The van der Waals surface area contributed by atoms with Gasteiger partial charge >= 0.3 is 0 Å². The molecular formula is C44H28N4S. The van der Waals surface area contributed by atoms with E-state index in [0.29, 0.717) is 17.5 Å². The fourth-order valence-electron chi connectivity index (χ4n) is 6.78. The quantitative estimate of drug-likeness (QED) is 0.133. The molecule has 0 N–H and O–H groups in total. The lowest BCUT2D eigenvalue weighted by molar-refractivity contribution is 1.04. The van der Waals surface area contributed by atoms with E-state index in [9.17, 15) is 0 Å². The molecule has 49 heavy (non-hydrogen) atoms. The molecule has 0 aliphatic rings. The largest absolute Gasteiger partial charge is 0.247 e. The fourth-order valence-corrected chi connectivity index (χ4v) is 7.91. The second-order valence-electron chi connectivity index (χ2n) is 11.9. The van der Waals surface area contributed by atoms with Crippen LogP contribution in [0.25, 0.3) is 92.2 Å². The van der Waals surface area contributed by atoms with Crippen LogP contribution in [0.5, 0.6) is 0 Å². The van der Waals surface area contributed by atoms with E-state index in [1.807, 2.05) is 47.7 Å². The van der Waals surface area contributed by atoms with Crippen LogP contribution in [0.15, 0.2) is 159 Å². The van der Waals surface area contributed by atoms with Crippen molar-refractivity contribution in [3.63, 3.8) is 0 Å². The summed E-state index contributed by atoms with van der Waals surface area (Å²) < 4.78 is 2.56. The van der Waals surface area contributed by atoms with E-state index >= 15 is 0 Å². The summed E-state index contributed by atoms with van der Waals surface area (Å²) in [5.41, 5.74) is 5.60. The Bertz CT molecular complexity index is 2810. The number of rotatable bonds is 6. The predicted molar refractivity (Wildman–Crippen MR) is 208 cm³/mol. The normalized spacial score (nSPS) is 12.0. The van der Waals surface area contributed by atoms with Gasteiger partial charge in [0.05, 0.1) is 11.2 Å². The Morgan fingerprint density at radius 2 is 1.16 bits per heavy atom. The van der Waals surface area contributed by atoms with Crippen molar-refractivity contribution in [2.75, 3.05) is 0 Å². The molecule has 230 valence electrons. The Kier molecular flexibility index (Phi) is 6.92. The van der Waals surface area contributed by atoms with Crippen molar-refractivity contribution in [1.82, 2.24) is 19.9 Å². The van der Waals surface area contributed by atoms with E-state index in [1.165, 1.54) is 25.6 Å². The first-order valence-electron chi connectivity index (χ1n) is 16.1. The molecule has 0 amide bonds. The lowest BCUT2D eigenvalue weighted by atomic mass is 9.93. The van der Waals surface area contributed by atoms with E-state index in [0.717, 1.165) is 55.0 Å². The maximum absolute atomic E-state index is 5.42. The summed E-state index contributed by atoms with van der Waals surface area (Å²) in [6.07, 6.45) is 5.34. The first-order valence-corrected chi connectivity index (χ1v) is 16.9. The van der Waals surface area contributed by atoms with Gasteiger partial charge in [-0.1, -0.05) is 135 Å². The Labute approximate surface area is 287 Å². The highest BCUT2D eigenvalue weighted by Gasteiger charge is 2.19. The summed E-state index contributed by atoms with van der Waals surface area (Å²) in [5, 5.41) is 8.09. The molecule has 4 nitrogen and oxygen atoms in total. The molecule has 0 aliphatic carbocycles. The van der Waals surface area contributed by atoms with Gasteiger partial charge in [0.2, 0.25) is 0 Å². The SMILES string of the molecule is C=C/C=C(\C=C)c1nc(-c2ccccc2)nc(-c2ccc(-c3nc4cc5c(cc4c4ccccc34)sc3ccccc35)c3ccccc23)n1. The number of benzene rings is 6. The first-order chi connectivity index (χ1) is 24.2. The van der Waals surface area contributed by atoms with Crippen molar-refractivity contribution < 1.29 is 0 Å². The molecule has 0 unspecified atom stereocenters. The number of thiophene rings is 1. The number of hydrogen-bond acceptors (Lipinski definition) is 5. The predicted octanol–water partition coefficient (Wildman–Crippen LogP) is 11.9. The molecular weight excluding hydrogens is 617 g/mol. The highest BCUT2D eigenvalue weighted by molar-refractivity contribution is 7.25. The van der Waals surface area contributed by atoms with Crippen LogP contribution >= 0.6 is 11.3 Å². The minimum atomic E-state index is 0.543. The van der Waals surface area contributed by atoms with Gasteiger partial charge in [-0.05, 0) is 40.4 Å². The van der Waals surface area contributed by atoms with E-state index in [-0.39, 0.29) is 0 Å². The van der Waals surface area contributed by atoms with Crippen LogP contribution in [0.1, 0.15) is 5.82 Å². The molecule has 0 radical (unpaired) electrons. The molecule has 6 aromatic carbocycles. The van der Waals surface area contributed by atoms with Crippen LogP contribution in [-0.4, -0.2) is 19.9 Å². The molecule has 0 aliphatic heterocycles. The van der Waals surface area contributed by atoms with E-state index in [4.69, 9.17) is 19.9 Å². The third-order valence-corrected chi connectivity index (χ3v) is 10.2. The second kappa shape index (κ2) is 11.7. The summed E-state index contributed by atoms with van der Waals surface area (Å²) in [6.45, 7) is 7.89. The minimum Gasteiger partial charge on any atom is -0.247 e. The third-order valence-electron chi connectivity index (χ3n) is 9.06. The van der Waals surface area contributed by atoms with Crippen LogP contribution in [0.2, 0.25) is 0 Å². The van der Waals surface area contributed by atoms with Gasteiger partial charge in [-0.3, -0.25) is 0 Å². The van der Waals surface area contributed by atoms with Crippen LogP contribution in [0.4, 0.5) is 0 Å². The zero-order valence-electron chi connectivity index (χ0n) is 26.5. The molecule has 0 spiro atoms. The highest BCUT2D eigenvalue weighted by Crippen LogP contribution is 2.42. The molecule has 9 aromatic rings. The molecule has 9 rings (SSSR count). The van der Waals surface area contributed by atoms with Gasteiger partial charge < -0.3 is 0 Å². The average molecular weight is 645 g/mol. The third kappa shape index (κ3) is 4.83. The molecule has 5 heteroatoms. The number of aromatic nitrogens is 4. The molecule has 0 bridgehead atoms. The summed E-state index contributed by atoms with van der Waals surface area (Å²) >= 11 is 1.84. The molecule has 3 heterocycles. The van der Waals surface area contributed by atoms with Gasteiger partial charge in [-0.15, -0.1) is 11.3 Å². The minimum absolute atomic E-state index is 0.543. The first kappa shape index (κ1) is 28.9. The fraction of sp³-hybridized carbons (Fsp3) is 0. The van der Waals surface area contributed by atoms with Crippen molar-refractivity contribution in [2.24, 2.45) is 0 Å². The van der Waals surface area contributed by atoms with E-state index in [2.05, 4.69) is 110 Å². The molecule has 0 fully saturated rings. The molecule has 0 saturated carbocycles. The topological polar surface area (TPSA) is 51.6 Å². The Morgan fingerprint density at radius 1 is 0.510 bits per heavy atom. The number of hydrogen-bond donors (Lipinski definition) is 0. The van der Waals surface area contributed by atoms with Gasteiger partial charge in [-0.2, -0.15) is 0 Å². The lowest BCUT2D eigenvalue weighted by Gasteiger charge is -2.15. The van der Waals surface area contributed by atoms with Crippen LogP contribution < -0.4 is 0 Å². The van der Waals surface area contributed by atoms with E-state index < -0.39 is 0 Å². The number of allylic oxidation sites excluding steroid dienone is 4. The average Bonchev–Trinajstić information content (AvgIpc) is 3.53. The number of pyridine rings is 1. The van der Waals surface area contributed by atoms with Gasteiger partial charge in [-0.25, -0.2) is 19.9 Å². The maximum atomic E-state index is 5.42. The van der Waals surface area contributed by atoms with Crippen molar-refractivity contribution >= 4 is 69.5 Å². The van der Waals surface area contributed by atoms with E-state index in [1.54, 1.807) is 12.2 Å². The lowest BCUT2D eigenvalue weighted by Crippen LogP contribution is -2.02. The summed E-state index contributed by atoms with van der Waals surface area (Å²) in [5.74, 6) is 1.73. The smallest absolute Gasteiger partial charge is 0.164 e. The monoisotopic (exact) mass is 644 g/mol. The van der Waals surface area contributed by atoms with Crippen LogP contribution in [-0.2, 0) is 0 Å². The van der Waals surface area contributed by atoms with Gasteiger partial charge in [0.25, 0.3) is 0 Å². The summed E-state index contributed by atoms with van der Waals surface area (Å²) in [6, 6.07) is 44.5. The standard InChI is InChI=1S/C44H28N4S/c1-3-14-27(4-2)42-46-43(28-15-6-5-7-16-28)48-44(47-42)35-24-23-34(29-17-8-9-18-30(29)35)41-33-21-11-10-19-31(33)36-26-40-37(25-38(36)45-41)32-20-12-13-22-39(32)49-40/h3-26H,1-2H2/b27-14+. The van der Waals surface area contributed by atoms with Gasteiger partial charge in [0.15, 0.2) is 17.5 Å². The van der Waals surface area contributed by atoms with Gasteiger partial charge in [0.1, 0.15) is 0 Å². The Hall–Kier alpha value is -6.30. The van der Waals surface area contributed by atoms with Crippen LogP contribution in [0, 0.1) is 0 Å². The van der Waals surface area contributed by atoms with Crippen molar-refractivity contribution in [1.29, 1.82) is 0 Å². The zero-order valence-corrected chi connectivity index (χ0v) is 27.3. The molecule has 0 atom stereocenters. The number of nitrogens with zero attached hydrogens (tertiary/aromatic N) is 4. The molecule has 3 aromatic heterocycles. The highest BCUT2D eigenvalue weighted by atomic mass is 32.1. The van der Waals surface area contributed by atoms with Gasteiger partial charge in [0, 0.05) is 53.2 Å². The van der Waals surface area contributed by atoms with Crippen LogP contribution in [0.3, 0.4) is 0 Å². The number of fused-ring (bicyclic) bond motifs is 7.